The van der Waals surface area contributed by atoms with E-state index < -0.39 is 0 Å². The molecule has 4 heterocycles. The predicted octanol–water partition coefficient (Wildman–Crippen LogP) is 3.78. The van der Waals surface area contributed by atoms with Gasteiger partial charge in [0.2, 0.25) is 0 Å². The Morgan fingerprint density at radius 2 is 1.86 bits per heavy atom. The normalized spacial score (nSPS) is 23.1. The monoisotopic (exact) mass is 394 g/mol. The first-order valence-corrected chi connectivity index (χ1v) is 11.1. The number of benzene rings is 1. The number of nitrogens with zero attached hydrogens (tertiary/aromatic N) is 4. The van der Waals surface area contributed by atoms with Crippen molar-refractivity contribution in [2.24, 2.45) is 0 Å². The molecule has 2 aromatic heterocycles. The van der Waals surface area contributed by atoms with E-state index in [1.165, 1.54) is 35.8 Å². The number of rotatable bonds is 5. The third kappa shape index (κ3) is 3.19. The molecule has 0 radical (unpaired) electrons. The number of aliphatic hydroxyl groups excluding tert-OH is 1. The highest BCUT2D eigenvalue weighted by Gasteiger charge is 2.33. The molecule has 2 aliphatic rings. The largest absolute Gasteiger partial charge is 0.395 e. The molecule has 1 N–H and O–H groups in total. The van der Waals surface area contributed by atoms with Crippen LogP contribution in [0.15, 0.2) is 42.0 Å². The molecule has 0 aliphatic carbocycles. The van der Waals surface area contributed by atoms with Gasteiger partial charge >= 0.3 is 0 Å². The van der Waals surface area contributed by atoms with Gasteiger partial charge in [-0.25, -0.2) is 9.97 Å². The number of thiophene rings is 1. The number of fused-ring (bicyclic) bond motifs is 1. The van der Waals surface area contributed by atoms with Crippen LogP contribution in [0, 0.1) is 0 Å². The molecule has 0 amide bonds. The predicted molar refractivity (Wildman–Crippen MR) is 115 cm³/mol. The van der Waals surface area contributed by atoms with E-state index in [2.05, 4.69) is 50.5 Å². The van der Waals surface area contributed by atoms with Crippen LogP contribution < -0.4 is 4.90 Å². The van der Waals surface area contributed by atoms with Gasteiger partial charge in [-0.1, -0.05) is 30.3 Å². The zero-order valence-corrected chi connectivity index (χ0v) is 16.8. The molecular weight excluding hydrogens is 368 g/mol. The Hall–Kier alpha value is -2.02. The summed E-state index contributed by atoms with van der Waals surface area (Å²) in [7, 11) is 0. The molecule has 2 atom stereocenters. The van der Waals surface area contributed by atoms with Crippen molar-refractivity contribution in [3.8, 4) is 11.1 Å². The Morgan fingerprint density at radius 1 is 1.04 bits per heavy atom. The third-order valence-electron chi connectivity index (χ3n) is 6.24. The zero-order valence-electron chi connectivity index (χ0n) is 16.0. The van der Waals surface area contributed by atoms with Crippen LogP contribution in [-0.2, 0) is 0 Å². The summed E-state index contributed by atoms with van der Waals surface area (Å²) >= 11 is 1.70. The molecule has 0 saturated carbocycles. The van der Waals surface area contributed by atoms with E-state index in [0.29, 0.717) is 12.1 Å². The minimum atomic E-state index is 0.271. The first kappa shape index (κ1) is 18.0. The van der Waals surface area contributed by atoms with E-state index in [1.54, 1.807) is 17.7 Å². The number of likely N-dealkylation sites (tertiary alicyclic amines) is 1. The standard InChI is InChI=1S/C22H26N4OS/c27-13-18-9-4-10-25(18)12-17-8-5-11-26(17)21-20-19(16-6-2-1-3-7-16)14-28-22(20)24-15-23-21/h1-3,6-7,14-15,17-18,27H,4-5,8-13H2. The van der Waals surface area contributed by atoms with Crippen molar-refractivity contribution in [1.82, 2.24) is 14.9 Å². The second-order valence-electron chi connectivity index (χ2n) is 7.86. The van der Waals surface area contributed by atoms with Gasteiger partial charge < -0.3 is 10.0 Å². The molecule has 2 saturated heterocycles. The second kappa shape index (κ2) is 7.78. The van der Waals surface area contributed by atoms with Gasteiger partial charge in [0, 0.05) is 36.1 Å². The van der Waals surface area contributed by atoms with Crippen LogP contribution in [-0.4, -0.2) is 58.3 Å². The highest BCUT2D eigenvalue weighted by Crippen LogP contribution is 2.40. The highest BCUT2D eigenvalue weighted by molar-refractivity contribution is 7.17. The Balaban J connectivity index is 1.50. The molecule has 2 aliphatic heterocycles. The lowest BCUT2D eigenvalue weighted by atomic mass is 10.1. The molecule has 2 fully saturated rings. The van der Waals surface area contributed by atoms with Gasteiger partial charge in [0.25, 0.3) is 0 Å². The van der Waals surface area contributed by atoms with E-state index in [9.17, 15) is 5.11 Å². The van der Waals surface area contributed by atoms with Gasteiger partial charge in [-0.3, -0.25) is 4.90 Å². The molecule has 5 rings (SSSR count). The summed E-state index contributed by atoms with van der Waals surface area (Å²) < 4.78 is 0. The van der Waals surface area contributed by atoms with Crippen LogP contribution in [0.5, 0.6) is 0 Å². The zero-order chi connectivity index (χ0) is 18.9. The van der Waals surface area contributed by atoms with Crippen LogP contribution in [0.3, 0.4) is 0 Å². The van der Waals surface area contributed by atoms with E-state index >= 15 is 0 Å². The van der Waals surface area contributed by atoms with Crippen LogP contribution in [0.2, 0.25) is 0 Å². The fraction of sp³-hybridized carbons (Fsp3) is 0.455. The molecular formula is C22H26N4OS. The van der Waals surface area contributed by atoms with E-state index in [4.69, 9.17) is 4.98 Å². The van der Waals surface area contributed by atoms with Crippen LogP contribution in [0.4, 0.5) is 5.82 Å². The summed E-state index contributed by atoms with van der Waals surface area (Å²) in [5, 5.41) is 13.1. The van der Waals surface area contributed by atoms with Crippen molar-refractivity contribution in [1.29, 1.82) is 0 Å². The highest BCUT2D eigenvalue weighted by atomic mass is 32.1. The molecule has 146 valence electrons. The summed E-state index contributed by atoms with van der Waals surface area (Å²) in [4.78, 5) is 15.3. The van der Waals surface area contributed by atoms with Gasteiger partial charge in [-0.15, -0.1) is 11.3 Å². The Morgan fingerprint density at radius 3 is 2.71 bits per heavy atom. The maximum Gasteiger partial charge on any atom is 0.141 e. The third-order valence-corrected chi connectivity index (χ3v) is 7.13. The summed E-state index contributed by atoms with van der Waals surface area (Å²) in [5.74, 6) is 1.08. The van der Waals surface area contributed by atoms with Crippen molar-refractivity contribution in [3.63, 3.8) is 0 Å². The minimum absolute atomic E-state index is 0.271. The lowest BCUT2D eigenvalue weighted by Gasteiger charge is -2.32. The lowest BCUT2D eigenvalue weighted by Crippen LogP contribution is -2.43. The number of anilines is 1. The molecule has 0 bridgehead atoms. The van der Waals surface area contributed by atoms with Gasteiger partial charge in [0.1, 0.15) is 17.0 Å². The van der Waals surface area contributed by atoms with Gasteiger partial charge in [0.15, 0.2) is 0 Å². The maximum atomic E-state index is 9.69. The molecule has 3 aromatic rings. The van der Waals surface area contributed by atoms with Crippen molar-refractivity contribution in [3.05, 3.63) is 42.0 Å². The fourth-order valence-corrected chi connectivity index (χ4v) is 5.74. The molecule has 0 spiro atoms. The summed E-state index contributed by atoms with van der Waals surface area (Å²) in [6.07, 6.45) is 6.40. The molecule has 6 heteroatoms. The van der Waals surface area contributed by atoms with Gasteiger partial charge in [0.05, 0.1) is 12.0 Å². The fourth-order valence-electron chi connectivity index (χ4n) is 4.82. The van der Waals surface area contributed by atoms with E-state index in [0.717, 1.165) is 36.7 Å². The molecule has 28 heavy (non-hydrogen) atoms. The van der Waals surface area contributed by atoms with Crippen molar-refractivity contribution in [2.45, 2.75) is 37.8 Å². The quantitative estimate of drug-likeness (QED) is 0.714. The smallest absolute Gasteiger partial charge is 0.141 e. The molecule has 2 unspecified atom stereocenters. The number of hydrogen-bond acceptors (Lipinski definition) is 6. The first-order chi connectivity index (χ1) is 13.8. The maximum absolute atomic E-state index is 9.69. The average Bonchev–Trinajstić information content (AvgIpc) is 3.48. The summed E-state index contributed by atoms with van der Waals surface area (Å²) in [5.41, 5.74) is 2.46. The average molecular weight is 395 g/mol. The van der Waals surface area contributed by atoms with Crippen molar-refractivity contribution < 1.29 is 5.11 Å². The number of aromatic nitrogens is 2. The first-order valence-electron chi connectivity index (χ1n) is 10.2. The number of hydrogen-bond donors (Lipinski definition) is 1. The molecule has 1 aromatic carbocycles. The number of aliphatic hydroxyl groups is 1. The van der Waals surface area contributed by atoms with Gasteiger partial charge in [-0.2, -0.15) is 0 Å². The Labute approximate surface area is 169 Å². The minimum Gasteiger partial charge on any atom is -0.395 e. The van der Waals surface area contributed by atoms with E-state index in [1.807, 2.05) is 0 Å². The Bertz CT molecular complexity index is 944. The SMILES string of the molecule is OCC1CCCN1CC1CCCN1c1ncnc2scc(-c3ccccc3)c12. The summed E-state index contributed by atoms with van der Waals surface area (Å²) in [6, 6.07) is 11.3. The van der Waals surface area contributed by atoms with Crippen molar-refractivity contribution in [2.75, 3.05) is 31.1 Å². The second-order valence-corrected chi connectivity index (χ2v) is 8.71. The van der Waals surface area contributed by atoms with Crippen LogP contribution >= 0.6 is 11.3 Å². The lowest BCUT2D eigenvalue weighted by molar-refractivity contribution is 0.153. The van der Waals surface area contributed by atoms with Crippen molar-refractivity contribution >= 4 is 27.4 Å². The Kier molecular flexibility index (Phi) is 5.01. The van der Waals surface area contributed by atoms with Crippen LogP contribution in [0.25, 0.3) is 21.3 Å². The summed E-state index contributed by atoms with van der Waals surface area (Å²) in [6.45, 7) is 3.43. The van der Waals surface area contributed by atoms with E-state index in [-0.39, 0.29) is 6.61 Å². The van der Waals surface area contributed by atoms with Gasteiger partial charge in [-0.05, 0) is 37.8 Å². The van der Waals surface area contributed by atoms with Crippen LogP contribution in [0.1, 0.15) is 25.7 Å². The topological polar surface area (TPSA) is 52.5 Å². The molecule has 5 nitrogen and oxygen atoms in total.